The van der Waals surface area contributed by atoms with E-state index in [4.69, 9.17) is 0 Å². The topological polar surface area (TPSA) is 75.2 Å². The van der Waals surface area contributed by atoms with Crippen molar-refractivity contribution in [1.82, 2.24) is 20.4 Å². The first-order valence-corrected chi connectivity index (χ1v) is 9.32. The van der Waals surface area contributed by atoms with Gasteiger partial charge in [0.2, 0.25) is 11.8 Å². The van der Waals surface area contributed by atoms with Crippen LogP contribution >= 0.6 is 34.9 Å². The monoisotopic (exact) mass is 348 g/mol. The summed E-state index contributed by atoms with van der Waals surface area (Å²) >= 11 is 4.17. The summed E-state index contributed by atoms with van der Waals surface area (Å²) in [6.45, 7) is 7.19. The van der Waals surface area contributed by atoms with E-state index in [9.17, 15) is 9.59 Å². The zero-order valence-corrected chi connectivity index (χ0v) is 15.0. The Balaban J connectivity index is 2.49. The number of thioether (sulfide) groups is 2. The van der Waals surface area contributed by atoms with E-state index in [0.29, 0.717) is 5.75 Å². The van der Waals surface area contributed by atoms with Crippen LogP contribution in [0.1, 0.15) is 20.8 Å². The summed E-state index contributed by atoms with van der Waals surface area (Å²) in [4.78, 5) is 25.1. The van der Waals surface area contributed by atoms with Crippen LogP contribution in [0.3, 0.4) is 0 Å². The molecule has 9 heteroatoms. The lowest BCUT2D eigenvalue weighted by atomic mass is 10.4. The molecule has 0 spiro atoms. The number of hydrogen-bond acceptors (Lipinski definition) is 7. The second-order valence-electron chi connectivity index (χ2n) is 4.06. The van der Waals surface area contributed by atoms with Crippen molar-refractivity contribution in [2.45, 2.75) is 34.7 Å². The molecule has 118 valence electrons. The van der Waals surface area contributed by atoms with Gasteiger partial charge in [-0.25, -0.2) is 0 Å². The molecule has 21 heavy (non-hydrogen) atoms. The van der Waals surface area contributed by atoms with E-state index in [-0.39, 0.29) is 17.1 Å². The van der Waals surface area contributed by atoms with Crippen LogP contribution in [0.4, 0.5) is 0 Å². The maximum atomic E-state index is 11.9. The van der Waals surface area contributed by atoms with Crippen molar-refractivity contribution in [3.8, 4) is 0 Å². The van der Waals surface area contributed by atoms with E-state index in [1.165, 1.54) is 34.9 Å². The fourth-order valence-corrected chi connectivity index (χ4v) is 4.63. The molecule has 0 bridgehead atoms. The third-order valence-corrected chi connectivity index (χ3v) is 5.94. The normalized spacial score (nSPS) is 12.0. The molecule has 1 atom stereocenters. The highest BCUT2D eigenvalue weighted by Crippen LogP contribution is 2.31. The molecule has 2 amide bonds. The van der Waals surface area contributed by atoms with E-state index in [1.54, 1.807) is 11.9 Å². The first-order valence-electron chi connectivity index (χ1n) is 6.64. The van der Waals surface area contributed by atoms with Crippen LogP contribution in [0.15, 0.2) is 8.68 Å². The lowest BCUT2D eigenvalue weighted by Gasteiger charge is -2.17. The average Bonchev–Trinajstić information content (AvgIpc) is 2.92. The lowest BCUT2D eigenvalue weighted by Crippen LogP contribution is -2.31. The number of carbonyl (C=O) groups excluding carboxylic acids is 2. The number of aromatic nitrogens is 2. The third-order valence-electron chi connectivity index (χ3n) is 2.72. The summed E-state index contributed by atoms with van der Waals surface area (Å²) in [6.07, 6.45) is 0. The number of carbonyl (C=O) groups is 2. The van der Waals surface area contributed by atoms with Crippen LogP contribution < -0.4 is 5.32 Å². The van der Waals surface area contributed by atoms with Gasteiger partial charge in [-0.05, 0) is 20.8 Å². The van der Waals surface area contributed by atoms with E-state index in [0.717, 1.165) is 21.8 Å². The fraction of sp³-hybridized carbons (Fsp3) is 0.667. The first kappa shape index (κ1) is 18.2. The summed E-state index contributed by atoms with van der Waals surface area (Å²) in [6, 6.07) is 0. The highest BCUT2D eigenvalue weighted by molar-refractivity contribution is 8.04. The minimum Gasteiger partial charge on any atom is -0.358 e. The van der Waals surface area contributed by atoms with Crippen LogP contribution in [0.5, 0.6) is 0 Å². The lowest BCUT2D eigenvalue weighted by molar-refractivity contribution is -0.128. The Morgan fingerprint density at radius 1 is 1.29 bits per heavy atom. The number of rotatable bonds is 8. The zero-order chi connectivity index (χ0) is 15.8. The predicted octanol–water partition coefficient (Wildman–Crippen LogP) is 1.73. The van der Waals surface area contributed by atoms with Gasteiger partial charge in [0, 0.05) is 20.1 Å². The third kappa shape index (κ3) is 5.84. The minimum atomic E-state index is -0.210. The number of hydrogen-bond donors (Lipinski definition) is 1. The van der Waals surface area contributed by atoms with Gasteiger partial charge in [-0.1, -0.05) is 34.9 Å². The Kier molecular flexibility index (Phi) is 8.05. The van der Waals surface area contributed by atoms with Gasteiger partial charge >= 0.3 is 0 Å². The number of amides is 2. The second kappa shape index (κ2) is 9.26. The van der Waals surface area contributed by atoms with Crippen LogP contribution in [-0.4, -0.2) is 58.1 Å². The minimum absolute atomic E-state index is 0.0406. The van der Waals surface area contributed by atoms with Crippen LogP contribution in [0.2, 0.25) is 0 Å². The summed E-state index contributed by atoms with van der Waals surface area (Å²) in [5.74, 6) is 0.431. The molecular formula is C12H20N4O2S3. The quantitative estimate of drug-likeness (QED) is 0.721. The molecule has 0 unspecified atom stereocenters. The van der Waals surface area contributed by atoms with E-state index in [2.05, 4.69) is 15.5 Å². The molecule has 0 saturated heterocycles. The Hall–Kier alpha value is -0.800. The van der Waals surface area contributed by atoms with Crippen LogP contribution in [-0.2, 0) is 9.59 Å². The van der Waals surface area contributed by atoms with E-state index < -0.39 is 0 Å². The average molecular weight is 349 g/mol. The van der Waals surface area contributed by atoms with Crippen molar-refractivity contribution >= 4 is 46.7 Å². The summed E-state index contributed by atoms with van der Waals surface area (Å²) in [5, 5.41) is 10.5. The van der Waals surface area contributed by atoms with Gasteiger partial charge in [-0.15, -0.1) is 10.2 Å². The molecule has 1 N–H and O–H groups in total. The van der Waals surface area contributed by atoms with Crippen molar-refractivity contribution < 1.29 is 9.59 Å². The largest absolute Gasteiger partial charge is 0.358 e. The van der Waals surface area contributed by atoms with E-state index >= 15 is 0 Å². The van der Waals surface area contributed by atoms with Crippen molar-refractivity contribution in [2.75, 3.05) is 25.9 Å². The molecule has 0 aliphatic rings. The Labute approximate surface area is 137 Å². The highest BCUT2D eigenvalue weighted by atomic mass is 32.2. The van der Waals surface area contributed by atoms with Gasteiger partial charge in [0.1, 0.15) is 0 Å². The number of nitrogens with one attached hydrogen (secondary N) is 1. The van der Waals surface area contributed by atoms with Crippen molar-refractivity contribution in [1.29, 1.82) is 0 Å². The van der Waals surface area contributed by atoms with Crippen molar-refractivity contribution in [3.63, 3.8) is 0 Å². The molecule has 0 aliphatic carbocycles. The maximum absolute atomic E-state index is 11.9. The molecule has 0 aliphatic heterocycles. The molecular weight excluding hydrogens is 328 g/mol. The standard InChI is InChI=1S/C12H20N4O2S3/c1-5-16(6-2)9(17)7-19-11-14-15-12(21-11)20-8(3)10(18)13-4/h8H,5-7H2,1-4H3,(H,13,18)/t8-/m1/s1. The summed E-state index contributed by atoms with van der Waals surface area (Å²) in [7, 11) is 1.61. The SMILES string of the molecule is CCN(CC)C(=O)CSc1nnc(S[C@H](C)C(=O)NC)s1. The first-order chi connectivity index (χ1) is 10.0. The van der Waals surface area contributed by atoms with Crippen molar-refractivity contribution in [3.05, 3.63) is 0 Å². The molecule has 1 rings (SSSR count). The number of nitrogens with zero attached hydrogens (tertiary/aromatic N) is 3. The highest BCUT2D eigenvalue weighted by Gasteiger charge is 2.17. The van der Waals surface area contributed by atoms with Gasteiger partial charge < -0.3 is 10.2 Å². The molecule has 1 heterocycles. The molecule has 0 saturated carbocycles. The Morgan fingerprint density at radius 2 is 1.90 bits per heavy atom. The fourth-order valence-electron chi connectivity index (χ4n) is 1.50. The predicted molar refractivity (Wildman–Crippen MR) is 87.9 cm³/mol. The Bertz CT molecular complexity index is 477. The summed E-state index contributed by atoms with van der Waals surface area (Å²) < 4.78 is 1.49. The van der Waals surface area contributed by atoms with Gasteiger partial charge in [-0.2, -0.15) is 0 Å². The van der Waals surface area contributed by atoms with Gasteiger partial charge in [0.15, 0.2) is 8.68 Å². The van der Waals surface area contributed by atoms with E-state index in [1.807, 2.05) is 20.8 Å². The molecule has 1 aromatic rings. The maximum Gasteiger partial charge on any atom is 0.233 e. The van der Waals surface area contributed by atoms with Gasteiger partial charge in [0.05, 0.1) is 11.0 Å². The Morgan fingerprint density at radius 3 is 2.48 bits per heavy atom. The molecule has 0 fully saturated rings. The second-order valence-corrected chi connectivity index (χ2v) is 7.85. The van der Waals surface area contributed by atoms with Crippen LogP contribution in [0.25, 0.3) is 0 Å². The van der Waals surface area contributed by atoms with Gasteiger partial charge in [-0.3, -0.25) is 9.59 Å². The van der Waals surface area contributed by atoms with Crippen molar-refractivity contribution in [2.24, 2.45) is 0 Å². The molecule has 0 aromatic carbocycles. The van der Waals surface area contributed by atoms with Gasteiger partial charge in [0.25, 0.3) is 0 Å². The molecule has 6 nitrogen and oxygen atoms in total. The van der Waals surface area contributed by atoms with Crippen LogP contribution in [0, 0.1) is 0 Å². The summed E-state index contributed by atoms with van der Waals surface area (Å²) in [5.41, 5.74) is 0. The molecule has 0 radical (unpaired) electrons. The molecule has 1 aromatic heterocycles. The smallest absolute Gasteiger partial charge is 0.233 e. The zero-order valence-electron chi connectivity index (χ0n) is 12.6.